The van der Waals surface area contributed by atoms with Crippen LogP contribution in [-0.4, -0.2) is 4.92 Å². The van der Waals surface area contributed by atoms with Gasteiger partial charge in [0.2, 0.25) is 0 Å². The highest BCUT2D eigenvalue weighted by atomic mass is 35.5. The van der Waals surface area contributed by atoms with Crippen molar-refractivity contribution in [2.24, 2.45) is 0 Å². The summed E-state index contributed by atoms with van der Waals surface area (Å²) in [5, 5.41) is 11.0. The Labute approximate surface area is 103 Å². The van der Waals surface area contributed by atoms with Crippen LogP contribution >= 0.6 is 11.6 Å². The minimum atomic E-state index is -0.431. The van der Waals surface area contributed by atoms with Gasteiger partial charge in [0.25, 0.3) is 5.69 Å². The number of nitrogens with zero attached hydrogens (tertiary/aromatic N) is 1. The molecule has 86 valence electrons. The maximum Gasteiger partial charge on any atom is 0.269 e. The summed E-state index contributed by atoms with van der Waals surface area (Å²) >= 11 is 5.91. The SMILES string of the molecule is Nc1ccc(-c2ccc([N+](=O)[O-])cc2)cc1Cl. The van der Waals surface area contributed by atoms with Crippen LogP contribution in [0, 0.1) is 10.1 Å². The predicted molar refractivity (Wildman–Crippen MR) is 68.0 cm³/mol. The summed E-state index contributed by atoms with van der Waals surface area (Å²) in [4.78, 5) is 10.1. The molecule has 0 aromatic heterocycles. The summed E-state index contributed by atoms with van der Waals surface area (Å²) in [6.45, 7) is 0. The van der Waals surface area contributed by atoms with E-state index in [1.54, 1.807) is 24.3 Å². The maximum atomic E-state index is 10.5. The van der Waals surface area contributed by atoms with E-state index < -0.39 is 4.92 Å². The van der Waals surface area contributed by atoms with Crippen LogP contribution in [0.1, 0.15) is 0 Å². The molecular formula is C12H9ClN2O2. The summed E-state index contributed by atoms with van der Waals surface area (Å²) in [5.41, 5.74) is 7.92. The van der Waals surface area contributed by atoms with Gasteiger partial charge in [-0.05, 0) is 35.4 Å². The lowest BCUT2D eigenvalue weighted by atomic mass is 10.1. The van der Waals surface area contributed by atoms with E-state index in [0.29, 0.717) is 10.7 Å². The first-order valence-electron chi connectivity index (χ1n) is 4.88. The lowest BCUT2D eigenvalue weighted by Crippen LogP contribution is -1.88. The van der Waals surface area contributed by atoms with Gasteiger partial charge >= 0.3 is 0 Å². The zero-order chi connectivity index (χ0) is 12.4. The third-order valence-electron chi connectivity index (χ3n) is 2.41. The summed E-state index contributed by atoms with van der Waals surface area (Å²) < 4.78 is 0. The molecule has 0 atom stereocenters. The molecule has 2 rings (SSSR count). The summed E-state index contributed by atoms with van der Waals surface area (Å²) in [5.74, 6) is 0. The molecule has 0 saturated carbocycles. The highest BCUT2D eigenvalue weighted by Crippen LogP contribution is 2.27. The number of nitrogen functional groups attached to an aromatic ring is 1. The first-order chi connectivity index (χ1) is 8.08. The number of nitro benzene ring substituents is 1. The predicted octanol–water partition coefficient (Wildman–Crippen LogP) is 3.50. The van der Waals surface area contributed by atoms with E-state index in [0.717, 1.165) is 11.1 Å². The molecule has 5 heteroatoms. The van der Waals surface area contributed by atoms with Gasteiger partial charge in [-0.1, -0.05) is 17.7 Å². The van der Waals surface area contributed by atoms with Gasteiger partial charge in [-0.15, -0.1) is 0 Å². The van der Waals surface area contributed by atoms with Crippen molar-refractivity contribution in [3.63, 3.8) is 0 Å². The standard InChI is InChI=1S/C12H9ClN2O2/c13-11-7-9(3-6-12(11)14)8-1-4-10(5-2-8)15(16)17/h1-7H,14H2. The number of halogens is 1. The van der Waals surface area contributed by atoms with Crippen molar-refractivity contribution in [3.8, 4) is 11.1 Å². The first kappa shape index (κ1) is 11.4. The number of anilines is 1. The molecule has 0 aliphatic carbocycles. The van der Waals surface area contributed by atoms with E-state index in [1.165, 1.54) is 12.1 Å². The second kappa shape index (κ2) is 4.43. The summed E-state index contributed by atoms with van der Waals surface area (Å²) in [6.07, 6.45) is 0. The number of non-ortho nitro benzene ring substituents is 1. The molecule has 0 amide bonds. The normalized spacial score (nSPS) is 10.2. The van der Waals surface area contributed by atoms with Crippen LogP contribution in [0.5, 0.6) is 0 Å². The average Bonchev–Trinajstić information content (AvgIpc) is 2.33. The van der Waals surface area contributed by atoms with E-state index in [9.17, 15) is 10.1 Å². The molecule has 4 nitrogen and oxygen atoms in total. The molecule has 0 bridgehead atoms. The van der Waals surface area contributed by atoms with Crippen LogP contribution in [0.2, 0.25) is 5.02 Å². The van der Waals surface area contributed by atoms with Gasteiger partial charge < -0.3 is 5.73 Å². The van der Waals surface area contributed by atoms with Gasteiger partial charge in [0.15, 0.2) is 0 Å². The molecule has 2 aromatic carbocycles. The highest BCUT2D eigenvalue weighted by molar-refractivity contribution is 6.33. The lowest BCUT2D eigenvalue weighted by molar-refractivity contribution is -0.384. The fraction of sp³-hybridized carbons (Fsp3) is 0. The Morgan fingerprint density at radius 3 is 2.18 bits per heavy atom. The van der Waals surface area contributed by atoms with E-state index in [2.05, 4.69) is 0 Å². The van der Waals surface area contributed by atoms with Crippen LogP contribution < -0.4 is 5.73 Å². The van der Waals surface area contributed by atoms with Crippen LogP contribution in [0.15, 0.2) is 42.5 Å². The molecular weight excluding hydrogens is 240 g/mol. The summed E-state index contributed by atoms with van der Waals surface area (Å²) in [7, 11) is 0. The molecule has 0 saturated heterocycles. The van der Waals surface area contributed by atoms with Gasteiger partial charge in [-0.3, -0.25) is 10.1 Å². The zero-order valence-corrected chi connectivity index (χ0v) is 9.52. The number of nitrogens with two attached hydrogens (primary N) is 1. The van der Waals surface area contributed by atoms with Crippen LogP contribution in [0.3, 0.4) is 0 Å². The fourth-order valence-electron chi connectivity index (χ4n) is 1.48. The number of hydrogen-bond acceptors (Lipinski definition) is 3. The van der Waals surface area contributed by atoms with E-state index >= 15 is 0 Å². The molecule has 0 radical (unpaired) electrons. The molecule has 0 heterocycles. The molecule has 0 fully saturated rings. The topological polar surface area (TPSA) is 69.2 Å². The second-order valence-corrected chi connectivity index (χ2v) is 3.95. The van der Waals surface area contributed by atoms with Gasteiger partial charge in [0.1, 0.15) is 0 Å². The van der Waals surface area contributed by atoms with E-state index in [-0.39, 0.29) is 5.69 Å². The number of nitro groups is 1. The van der Waals surface area contributed by atoms with Gasteiger partial charge in [0, 0.05) is 12.1 Å². The van der Waals surface area contributed by atoms with Crippen molar-refractivity contribution in [2.45, 2.75) is 0 Å². The minimum Gasteiger partial charge on any atom is -0.398 e. The van der Waals surface area contributed by atoms with Gasteiger partial charge in [-0.2, -0.15) is 0 Å². The van der Waals surface area contributed by atoms with Crippen molar-refractivity contribution in [3.05, 3.63) is 57.6 Å². The van der Waals surface area contributed by atoms with Crippen molar-refractivity contribution in [2.75, 3.05) is 5.73 Å². The molecule has 17 heavy (non-hydrogen) atoms. The van der Waals surface area contributed by atoms with Crippen LogP contribution in [0.4, 0.5) is 11.4 Å². The third kappa shape index (κ3) is 2.37. The second-order valence-electron chi connectivity index (χ2n) is 3.54. The average molecular weight is 249 g/mol. The Bertz CT molecular complexity index is 567. The summed E-state index contributed by atoms with van der Waals surface area (Å²) in [6, 6.07) is 11.5. The molecule has 0 aliphatic heterocycles. The fourth-order valence-corrected chi connectivity index (χ4v) is 1.66. The highest BCUT2D eigenvalue weighted by Gasteiger charge is 2.06. The van der Waals surface area contributed by atoms with Crippen LogP contribution in [-0.2, 0) is 0 Å². The molecule has 0 aliphatic rings. The monoisotopic (exact) mass is 248 g/mol. The Hall–Kier alpha value is -2.07. The van der Waals surface area contributed by atoms with Crippen LogP contribution in [0.25, 0.3) is 11.1 Å². The number of benzene rings is 2. The van der Waals surface area contributed by atoms with Crippen molar-refractivity contribution < 1.29 is 4.92 Å². The minimum absolute atomic E-state index is 0.0651. The number of rotatable bonds is 2. The third-order valence-corrected chi connectivity index (χ3v) is 2.74. The molecule has 2 aromatic rings. The van der Waals surface area contributed by atoms with Gasteiger partial charge in [0.05, 0.1) is 15.6 Å². The molecule has 0 unspecified atom stereocenters. The molecule has 2 N–H and O–H groups in total. The number of hydrogen-bond donors (Lipinski definition) is 1. The Kier molecular flexibility index (Phi) is 2.97. The first-order valence-corrected chi connectivity index (χ1v) is 5.25. The van der Waals surface area contributed by atoms with Crippen molar-refractivity contribution >= 4 is 23.0 Å². The lowest BCUT2D eigenvalue weighted by Gasteiger charge is -2.03. The Morgan fingerprint density at radius 2 is 1.65 bits per heavy atom. The Morgan fingerprint density at radius 1 is 1.06 bits per heavy atom. The van der Waals surface area contributed by atoms with Gasteiger partial charge in [-0.25, -0.2) is 0 Å². The van der Waals surface area contributed by atoms with Crippen molar-refractivity contribution in [1.29, 1.82) is 0 Å². The molecule has 0 spiro atoms. The zero-order valence-electron chi connectivity index (χ0n) is 8.76. The largest absolute Gasteiger partial charge is 0.398 e. The van der Waals surface area contributed by atoms with E-state index in [4.69, 9.17) is 17.3 Å². The quantitative estimate of drug-likeness (QED) is 0.502. The van der Waals surface area contributed by atoms with Crippen molar-refractivity contribution in [1.82, 2.24) is 0 Å². The maximum absolute atomic E-state index is 10.5. The van der Waals surface area contributed by atoms with E-state index in [1.807, 2.05) is 6.07 Å². The smallest absolute Gasteiger partial charge is 0.269 e. The Balaban J connectivity index is 2.39.